The molecule has 0 radical (unpaired) electrons. The molecule has 7 N–H and O–H groups in total. The number of amides is 1. The van der Waals surface area contributed by atoms with Gasteiger partial charge in [-0.05, 0) is 24.6 Å². The van der Waals surface area contributed by atoms with Crippen molar-refractivity contribution in [1.29, 1.82) is 0 Å². The minimum atomic E-state index is -0.558. The standard InChI is InChI=1S/C21H23FN8O/c22-15-4-2-1-3-14(15)20-27-8-16(25)19(29-20)21(31)28-17-9-26-6-5-18(17)30-10-12(23)7-13(24)11-30/h1-6,8-9,12-13H,7,10-11,23-25H2,(H,28,31). The molecule has 1 amide bonds. The highest BCUT2D eigenvalue weighted by atomic mass is 19.1. The van der Waals surface area contributed by atoms with Crippen LogP contribution in [0.3, 0.4) is 0 Å². The van der Waals surface area contributed by atoms with Crippen molar-refractivity contribution in [2.75, 3.05) is 29.0 Å². The molecule has 0 bridgehead atoms. The van der Waals surface area contributed by atoms with Gasteiger partial charge in [0.1, 0.15) is 5.82 Å². The van der Waals surface area contributed by atoms with Crippen molar-refractivity contribution >= 4 is 23.0 Å². The van der Waals surface area contributed by atoms with Crippen LogP contribution in [0.25, 0.3) is 11.4 Å². The van der Waals surface area contributed by atoms with Gasteiger partial charge in [-0.15, -0.1) is 0 Å². The Labute approximate surface area is 178 Å². The number of nitrogens with two attached hydrogens (primary N) is 3. The number of anilines is 3. The Balaban J connectivity index is 1.63. The zero-order chi connectivity index (χ0) is 22.0. The van der Waals surface area contributed by atoms with Crippen LogP contribution in [-0.4, -0.2) is 46.0 Å². The van der Waals surface area contributed by atoms with Gasteiger partial charge in [0.05, 0.1) is 35.0 Å². The van der Waals surface area contributed by atoms with Crippen LogP contribution in [0.1, 0.15) is 16.9 Å². The van der Waals surface area contributed by atoms with E-state index >= 15 is 0 Å². The fourth-order valence-electron chi connectivity index (χ4n) is 3.66. The van der Waals surface area contributed by atoms with E-state index in [-0.39, 0.29) is 34.9 Å². The molecule has 3 heterocycles. The van der Waals surface area contributed by atoms with E-state index in [9.17, 15) is 9.18 Å². The van der Waals surface area contributed by atoms with E-state index in [1.807, 2.05) is 4.90 Å². The molecule has 1 aliphatic rings. The maximum atomic E-state index is 14.1. The van der Waals surface area contributed by atoms with E-state index in [0.29, 0.717) is 18.8 Å². The number of piperidine rings is 1. The Bertz CT molecular complexity index is 1100. The van der Waals surface area contributed by atoms with E-state index in [1.165, 1.54) is 24.5 Å². The number of pyridine rings is 1. The summed E-state index contributed by atoms with van der Waals surface area (Å²) in [5.74, 6) is -0.986. The van der Waals surface area contributed by atoms with Gasteiger partial charge in [0.25, 0.3) is 5.91 Å². The van der Waals surface area contributed by atoms with Gasteiger partial charge < -0.3 is 27.4 Å². The lowest BCUT2D eigenvalue weighted by molar-refractivity contribution is 0.102. The van der Waals surface area contributed by atoms with Gasteiger partial charge in [-0.1, -0.05) is 12.1 Å². The Morgan fingerprint density at radius 3 is 2.61 bits per heavy atom. The van der Waals surface area contributed by atoms with Gasteiger partial charge in [-0.3, -0.25) is 9.78 Å². The van der Waals surface area contributed by atoms with Crippen LogP contribution >= 0.6 is 0 Å². The lowest BCUT2D eigenvalue weighted by atomic mass is 10.0. The molecule has 2 aromatic heterocycles. The average Bonchev–Trinajstić information content (AvgIpc) is 2.74. The highest BCUT2D eigenvalue weighted by Crippen LogP contribution is 2.28. The molecule has 1 saturated heterocycles. The summed E-state index contributed by atoms with van der Waals surface area (Å²) in [6, 6.07) is 7.70. The summed E-state index contributed by atoms with van der Waals surface area (Å²) in [5.41, 5.74) is 19.6. The molecule has 1 aliphatic heterocycles. The zero-order valence-corrected chi connectivity index (χ0v) is 16.7. The minimum absolute atomic E-state index is 0.0601. The Morgan fingerprint density at radius 1 is 1.13 bits per heavy atom. The molecule has 2 unspecified atom stereocenters. The number of carbonyl (C=O) groups is 1. The van der Waals surface area contributed by atoms with Crippen LogP contribution in [0.5, 0.6) is 0 Å². The number of halogens is 1. The molecule has 0 saturated carbocycles. The first-order chi connectivity index (χ1) is 14.9. The van der Waals surface area contributed by atoms with E-state index in [2.05, 4.69) is 20.3 Å². The smallest absolute Gasteiger partial charge is 0.276 e. The van der Waals surface area contributed by atoms with Gasteiger partial charge in [0.15, 0.2) is 11.5 Å². The third-order valence-corrected chi connectivity index (χ3v) is 5.05. The number of aromatic nitrogens is 3. The fourth-order valence-corrected chi connectivity index (χ4v) is 3.66. The molecule has 2 atom stereocenters. The summed E-state index contributed by atoms with van der Waals surface area (Å²) in [4.78, 5) is 27.4. The number of carbonyl (C=O) groups excluding carboxylic acids is 1. The predicted octanol–water partition coefficient (Wildman–Crippen LogP) is 1.38. The third-order valence-electron chi connectivity index (χ3n) is 5.05. The van der Waals surface area contributed by atoms with Gasteiger partial charge in [-0.2, -0.15) is 0 Å². The van der Waals surface area contributed by atoms with Crippen LogP contribution in [-0.2, 0) is 0 Å². The number of hydrogen-bond acceptors (Lipinski definition) is 8. The van der Waals surface area contributed by atoms with Gasteiger partial charge in [-0.25, -0.2) is 14.4 Å². The molecule has 3 aromatic rings. The Morgan fingerprint density at radius 2 is 1.87 bits per heavy atom. The molecule has 160 valence electrons. The van der Waals surface area contributed by atoms with E-state index in [1.54, 1.807) is 24.4 Å². The van der Waals surface area contributed by atoms with E-state index < -0.39 is 11.7 Å². The molecule has 9 nitrogen and oxygen atoms in total. The van der Waals surface area contributed by atoms with Crippen molar-refractivity contribution in [2.45, 2.75) is 18.5 Å². The van der Waals surface area contributed by atoms with Crippen LogP contribution in [0.4, 0.5) is 21.5 Å². The quantitative estimate of drug-likeness (QED) is 0.493. The minimum Gasteiger partial charge on any atom is -0.396 e. The van der Waals surface area contributed by atoms with Crippen LogP contribution in [0.15, 0.2) is 48.9 Å². The van der Waals surface area contributed by atoms with E-state index in [0.717, 1.165) is 12.1 Å². The Hall–Kier alpha value is -3.63. The predicted molar refractivity (Wildman–Crippen MR) is 117 cm³/mol. The second-order valence-corrected chi connectivity index (χ2v) is 7.49. The van der Waals surface area contributed by atoms with Crippen molar-refractivity contribution in [2.24, 2.45) is 11.5 Å². The lowest BCUT2D eigenvalue weighted by Gasteiger charge is -2.37. The van der Waals surface area contributed by atoms with Gasteiger partial charge >= 0.3 is 0 Å². The average molecular weight is 422 g/mol. The second-order valence-electron chi connectivity index (χ2n) is 7.49. The monoisotopic (exact) mass is 422 g/mol. The highest BCUT2D eigenvalue weighted by molar-refractivity contribution is 6.07. The van der Waals surface area contributed by atoms with E-state index in [4.69, 9.17) is 17.2 Å². The van der Waals surface area contributed by atoms with Crippen molar-refractivity contribution in [3.8, 4) is 11.4 Å². The SMILES string of the molecule is Nc1cnc(-c2ccccc2F)nc1C(=O)Nc1cnccc1N1CC(N)CC(N)C1. The maximum absolute atomic E-state index is 14.1. The van der Waals surface area contributed by atoms with Crippen LogP contribution in [0, 0.1) is 5.82 Å². The van der Waals surface area contributed by atoms with Crippen molar-refractivity contribution in [3.63, 3.8) is 0 Å². The maximum Gasteiger partial charge on any atom is 0.276 e. The zero-order valence-electron chi connectivity index (χ0n) is 16.7. The molecule has 4 rings (SSSR count). The Kier molecular flexibility index (Phi) is 5.74. The number of nitrogens with zero attached hydrogens (tertiary/aromatic N) is 4. The first kappa shape index (κ1) is 20.6. The number of hydrogen-bond donors (Lipinski definition) is 4. The lowest BCUT2D eigenvalue weighted by Crippen LogP contribution is -2.52. The summed E-state index contributed by atoms with van der Waals surface area (Å²) >= 11 is 0. The van der Waals surface area contributed by atoms with Crippen molar-refractivity contribution in [3.05, 3.63) is 60.4 Å². The van der Waals surface area contributed by atoms with Gasteiger partial charge in [0.2, 0.25) is 0 Å². The van der Waals surface area contributed by atoms with Gasteiger partial charge in [0, 0.05) is 31.4 Å². The third kappa shape index (κ3) is 4.44. The first-order valence-electron chi connectivity index (χ1n) is 9.81. The molecule has 31 heavy (non-hydrogen) atoms. The molecule has 0 aliphatic carbocycles. The topological polar surface area (TPSA) is 149 Å². The molecular weight excluding hydrogens is 399 g/mol. The van der Waals surface area contributed by atoms with Crippen LogP contribution in [0.2, 0.25) is 0 Å². The highest BCUT2D eigenvalue weighted by Gasteiger charge is 2.25. The summed E-state index contributed by atoms with van der Waals surface area (Å²) in [6.45, 7) is 1.21. The summed E-state index contributed by atoms with van der Waals surface area (Å²) in [5, 5.41) is 2.80. The molecular formula is C21H23FN8O. The molecule has 1 aromatic carbocycles. The number of nitrogen functional groups attached to an aromatic ring is 1. The first-order valence-corrected chi connectivity index (χ1v) is 9.81. The molecule has 0 spiro atoms. The fraction of sp³-hybridized carbons (Fsp3) is 0.238. The summed E-state index contributed by atoms with van der Waals surface area (Å²) in [7, 11) is 0. The number of rotatable bonds is 4. The second kappa shape index (κ2) is 8.62. The number of nitrogens with one attached hydrogen (secondary N) is 1. The van der Waals surface area contributed by atoms with Crippen molar-refractivity contribution in [1.82, 2.24) is 15.0 Å². The molecule has 1 fully saturated rings. The largest absolute Gasteiger partial charge is 0.396 e. The summed E-state index contributed by atoms with van der Waals surface area (Å²) < 4.78 is 14.1. The van der Waals surface area contributed by atoms with Crippen molar-refractivity contribution < 1.29 is 9.18 Å². The summed E-state index contributed by atoms with van der Waals surface area (Å²) in [6.07, 6.45) is 5.19. The number of benzene rings is 1. The van der Waals surface area contributed by atoms with Crippen LogP contribution < -0.4 is 27.4 Å². The normalized spacial score (nSPS) is 18.6. The molecule has 10 heteroatoms.